The molecule has 0 bridgehead atoms. The molecular formula is C19H21N5O3S. The van der Waals surface area contributed by atoms with E-state index in [-0.39, 0.29) is 18.2 Å². The molecule has 9 heteroatoms. The number of amides is 1. The molecule has 0 unspecified atom stereocenters. The molecule has 0 radical (unpaired) electrons. The van der Waals surface area contributed by atoms with Crippen LogP contribution >= 0.6 is 11.3 Å². The van der Waals surface area contributed by atoms with Gasteiger partial charge < -0.3 is 9.64 Å². The van der Waals surface area contributed by atoms with Crippen LogP contribution in [0.3, 0.4) is 0 Å². The van der Waals surface area contributed by atoms with Gasteiger partial charge in [0, 0.05) is 25.7 Å². The number of piperidine rings is 1. The van der Waals surface area contributed by atoms with Gasteiger partial charge in [0.05, 0.1) is 6.20 Å². The molecule has 28 heavy (non-hydrogen) atoms. The van der Waals surface area contributed by atoms with Crippen molar-refractivity contribution in [3.8, 4) is 10.8 Å². The first-order valence-electron chi connectivity index (χ1n) is 9.21. The zero-order chi connectivity index (χ0) is 19.3. The monoisotopic (exact) mass is 399 g/mol. The van der Waals surface area contributed by atoms with Crippen LogP contribution in [0.25, 0.3) is 5.00 Å². The second-order valence-corrected chi connectivity index (χ2v) is 7.66. The lowest BCUT2D eigenvalue weighted by atomic mass is 9.93. The SMILES string of the molecule is O=C(COc1cccnc1)N1CCC(Cc2n[nH]c(=O)n2-c2cccs2)CC1. The summed E-state index contributed by atoms with van der Waals surface area (Å²) in [7, 11) is 0. The quantitative estimate of drug-likeness (QED) is 0.683. The highest BCUT2D eigenvalue weighted by atomic mass is 32.1. The van der Waals surface area contributed by atoms with Gasteiger partial charge in [-0.2, -0.15) is 5.10 Å². The van der Waals surface area contributed by atoms with Crippen LogP contribution < -0.4 is 10.4 Å². The first kappa shape index (κ1) is 18.4. The Balaban J connectivity index is 1.30. The number of aromatic amines is 1. The number of nitrogens with zero attached hydrogens (tertiary/aromatic N) is 4. The fourth-order valence-electron chi connectivity index (χ4n) is 3.40. The number of thiophene rings is 1. The molecule has 1 aliphatic heterocycles. The van der Waals surface area contributed by atoms with Crippen molar-refractivity contribution >= 4 is 17.2 Å². The minimum Gasteiger partial charge on any atom is -0.482 e. The van der Waals surface area contributed by atoms with Crippen LogP contribution in [0.4, 0.5) is 0 Å². The largest absolute Gasteiger partial charge is 0.482 e. The Hall–Kier alpha value is -2.94. The first-order chi connectivity index (χ1) is 13.7. The van der Waals surface area contributed by atoms with Crippen LogP contribution in [0.15, 0.2) is 46.8 Å². The van der Waals surface area contributed by atoms with Crippen molar-refractivity contribution in [2.45, 2.75) is 19.3 Å². The number of aromatic nitrogens is 4. The van der Waals surface area contributed by atoms with Gasteiger partial charge in [0.25, 0.3) is 5.91 Å². The maximum Gasteiger partial charge on any atom is 0.348 e. The van der Waals surface area contributed by atoms with Crippen molar-refractivity contribution in [3.63, 3.8) is 0 Å². The molecule has 0 aliphatic carbocycles. The van der Waals surface area contributed by atoms with Crippen molar-refractivity contribution in [1.29, 1.82) is 0 Å². The zero-order valence-electron chi connectivity index (χ0n) is 15.3. The van der Waals surface area contributed by atoms with E-state index in [0.717, 1.165) is 23.7 Å². The van der Waals surface area contributed by atoms with E-state index >= 15 is 0 Å². The summed E-state index contributed by atoms with van der Waals surface area (Å²) in [5.74, 6) is 1.71. The van der Waals surface area contributed by atoms with Gasteiger partial charge in [-0.3, -0.25) is 9.78 Å². The molecule has 0 spiro atoms. The van der Waals surface area contributed by atoms with Gasteiger partial charge in [-0.05, 0) is 48.4 Å². The Bertz CT molecular complexity index is 959. The van der Waals surface area contributed by atoms with E-state index in [1.165, 1.54) is 11.3 Å². The van der Waals surface area contributed by atoms with Crippen LogP contribution in [0.5, 0.6) is 5.75 Å². The molecule has 1 N–H and O–H groups in total. The number of nitrogens with one attached hydrogen (secondary N) is 1. The fraction of sp³-hybridized carbons (Fsp3) is 0.368. The molecule has 1 aliphatic rings. The molecule has 1 saturated heterocycles. The summed E-state index contributed by atoms with van der Waals surface area (Å²) < 4.78 is 7.14. The normalized spacial score (nSPS) is 14.9. The minimum atomic E-state index is -0.211. The van der Waals surface area contributed by atoms with Crippen LogP contribution in [0.1, 0.15) is 18.7 Å². The zero-order valence-corrected chi connectivity index (χ0v) is 16.1. The summed E-state index contributed by atoms with van der Waals surface area (Å²) in [6.07, 6.45) is 5.73. The van der Waals surface area contributed by atoms with Crippen molar-refractivity contribution in [3.05, 3.63) is 58.3 Å². The average molecular weight is 399 g/mol. The summed E-state index contributed by atoms with van der Waals surface area (Å²) in [6, 6.07) is 7.38. The maximum absolute atomic E-state index is 12.4. The molecule has 4 heterocycles. The lowest BCUT2D eigenvalue weighted by molar-refractivity contribution is -0.134. The number of pyridine rings is 1. The molecule has 146 valence electrons. The Morgan fingerprint density at radius 1 is 1.29 bits per heavy atom. The number of H-pyrrole nitrogens is 1. The lowest BCUT2D eigenvalue weighted by Gasteiger charge is -2.31. The van der Waals surface area contributed by atoms with Gasteiger partial charge in [-0.25, -0.2) is 14.5 Å². The Morgan fingerprint density at radius 3 is 2.86 bits per heavy atom. The topological polar surface area (TPSA) is 93.1 Å². The van der Waals surface area contributed by atoms with E-state index in [4.69, 9.17) is 4.74 Å². The van der Waals surface area contributed by atoms with Gasteiger partial charge in [0.2, 0.25) is 0 Å². The Labute approximate surface area is 165 Å². The molecule has 8 nitrogen and oxygen atoms in total. The molecule has 0 saturated carbocycles. The third-order valence-corrected chi connectivity index (χ3v) is 5.76. The molecule has 0 aromatic carbocycles. The number of rotatable bonds is 6. The highest BCUT2D eigenvalue weighted by molar-refractivity contribution is 7.12. The number of likely N-dealkylation sites (tertiary alicyclic amines) is 1. The van der Waals surface area contributed by atoms with Crippen molar-refractivity contribution in [2.75, 3.05) is 19.7 Å². The van der Waals surface area contributed by atoms with E-state index in [1.54, 1.807) is 29.1 Å². The smallest absolute Gasteiger partial charge is 0.348 e. The number of hydrogen-bond donors (Lipinski definition) is 1. The van der Waals surface area contributed by atoms with E-state index in [0.29, 0.717) is 31.2 Å². The second kappa shape index (κ2) is 8.39. The number of hydrogen-bond acceptors (Lipinski definition) is 6. The van der Waals surface area contributed by atoms with Crippen LogP contribution in [-0.2, 0) is 11.2 Å². The summed E-state index contributed by atoms with van der Waals surface area (Å²) in [5.41, 5.74) is -0.211. The van der Waals surface area contributed by atoms with E-state index in [2.05, 4.69) is 15.2 Å². The highest BCUT2D eigenvalue weighted by Crippen LogP contribution is 2.23. The van der Waals surface area contributed by atoms with Crippen LogP contribution in [0, 0.1) is 5.92 Å². The predicted octanol–water partition coefficient (Wildman–Crippen LogP) is 1.88. The van der Waals surface area contributed by atoms with Gasteiger partial charge in [0.15, 0.2) is 6.61 Å². The fourth-order valence-corrected chi connectivity index (χ4v) is 4.15. The number of ether oxygens (including phenoxy) is 1. The first-order valence-corrected chi connectivity index (χ1v) is 10.1. The summed E-state index contributed by atoms with van der Waals surface area (Å²) in [5, 5.41) is 9.57. The molecule has 3 aromatic rings. The van der Waals surface area contributed by atoms with Crippen LogP contribution in [0.2, 0.25) is 0 Å². The predicted molar refractivity (Wildman–Crippen MR) is 105 cm³/mol. The summed E-state index contributed by atoms with van der Waals surface area (Å²) in [4.78, 5) is 30.3. The van der Waals surface area contributed by atoms with Crippen molar-refractivity contribution in [2.24, 2.45) is 5.92 Å². The summed E-state index contributed by atoms with van der Waals surface area (Å²) >= 11 is 1.51. The molecule has 3 aromatic heterocycles. The van der Waals surface area contributed by atoms with Crippen molar-refractivity contribution < 1.29 is 9.53 Å². The molecule has 0 atom stereocenters. The van der Waals surface area contributed by atoms with E-state index in [9.17, 15) is 9.59 Å². The molecule has 1 fully saturated rings. The van der Waals surface area contributed by atoms with Gasteiger partial charge in [-0.15, -0.1) is 11.3 Å². The number of carbonyl (C=O) groups is 1. The van der Waals surface area contributed by atoms with Crippen molar-refractivity contribution in [1.82, 2.24) is 24.6 Å². The Kier molecular flexibility index (Phi) is 5.52. The molecule has 1 amide bonds. The average Bonchev–Trinajstić information content (AvgIpc) is 3.37. The standard InChI is InChI=1S/C19H21N5O3S/c25-17(13-27-15-3-1-7-20-12-15)23-8-5-14(6-9-23)11-16-21-22-19(26)24(16)18-4-2-10-28-18/h1-4,7,10,12,14H,5-6,8-9,11,13H2,(H,22,26). The third kappa shape index (κ3) is 4.14. The highest BCUT2D eigenvalue weighted by Gasteiger charge is 2.25. The van der Waals surface area contributed by atoms with Crippen LogP contribution in [-0.4, -0.2) is 50.3 Å². The van der Waals surface area contributed by atoms with Gasteiger partial charge in [-0.1, -0.05) is 0 Å². The van der Waals surface area contributed by atoms with E-state index < -0.39 is 0 Å². The second-order valence-electron chi connectivity index (χ2n) is 6.74. The third-order valence-electron chi connectivity index (χ3n) is 4.90. The summed E-state index contributed by atoms with van der Waals surface area (Å²) in [6.45, 7) is 1.40. The van der Waals surface area contributed by atoms with Gasteiger partial charge >= 0.3 is 5.69 Å². The molecule has 4 rings (SSSR count). The maximum atomic E-state index is 12.4. The number of carbonyl (C=O) groups excluding carboxylic acids is 1. The molecular weight excluding hydrogens is 378 g/mol. The Morgan fingerprint density at radius 2 is 2.14 bits per heavy atom. The minimum absolute atomic E-state index is 0.0161. The van der Waals surface area contributed by atoms with Gasteiger partial charge in [0.1, 0.15) is 16.6 Å². The lowest BCUT2D eigenvalue weighted by Crippen LogP contribution is -2.41. The van der Waals surface area contributed by atoms with E-state index in [1.807, 2.05) is 22.4 Å².